The van der Waals surface area contributed by atoms with Gasteiger partial charge in [-0.05, 0) is 6.92 Å². The number of carbonyl (C=O) groups is 4. The molecular weight excluding hydrogens is 324 g/mol. The molecule has 0 aliphatic carbocycles. The number of esters is 4. The maximum Gasteiger partial charge on any atom is 0.311 e. The molecule has 9 nitrogen and oxygen atoms in total. The molecule has 0 bridgehead atoms. The van der Waals surface area contributed by atoms with E-state index < -0.39 is 60.3 Å². The number of hydrogen-bond donors (Lipinski definition) is 0. The molecule has 2 saturated heterocycles. The van der Waals surface area contributed by atoms with Gasteiger partial charge in [0.2, 0.25) is 0 Å². The highest BCUT2D eigenvalue weighted by Crippen LogP contribution is 2.37. The molecule has 0 aromatic carbocycles. The van der Waals surface area contributed by atoms with Crippen LogP contribution in [-0.4, -0.2) is 61.0 Å². The monoisotopic (exact) mass is 344 g/mol. The molecule has 2 aliphatic rings. The Morgan fingerprint density at radius 2 is 1.54 bits per heavy atom. The highest BCUT2D eigenvalue weighted by molar-refractivity contribution is 5.76. The smallest absolute Gasteiger partial charge is 0.311 e. The van der Waals surface area contributed by atoms with Crippen molar-refractivity contribution in [1.82, 2.24) is 0 Å². The van der Waals surface area contributed by atoms with E-state index in [1.165, 1.54) is 20.8 Å². The quantitative estimate of drug-likeness (QED) is 0.502. The molecule has 0 spiro atoms. The van der Waals surface area contributed by atoms with Crippen molar-refractivity contribution in [3.8, 4) is 0 Å². The summed E-state index contributed by atoms with van der Waals surface area (Å²) < 4.78 is 26.4. The maximum absolute atomic E-state index is 11.8. The van der Waals surface area contributed by atoms with E-state index >= 15 is 0 Å². The lowest BCUT2D eigenvalue weighted by molar-refractivity contribution is -0.239. The fourth-order valence-electron chi connectivity index (χ4n) is 2.85. The van der Waals surface area contributed by atoms with Gasteiger partial charge in [0.1, 0.15) is 18.8 Å². The van der Waals surface area contributed by atoms with Crippen LogP contribution in [-0.2, 0) is 42.9 Å². The van der Waals surface area contributed by atoms with Crippen LogP contribution in [0.15, 0.2) is 0 Å². The van der Waals surface area contributed by atoms with Crippen molar-refractivity contribution in [2.24, 2.45) is 5.92 Å². The third kappa shape index (κ3) is 3.84. The van der Waals surface area contributed by atoms with Gasteiger partial charge in [-0.3, -0.25) is 19.2 Å². The highest BCUT2D eigenvalue weighted by atomic mass is 16.7. The Morgan fingerprint density at radius 3 is 2.08 bits per heavy atom. The van der Waals surface area contributed by atoms with Crippen molar-refractivity contribution >= 4 is 23.9 Å². The minimum atomic E-state index is -1.06. The Balaban J connectivity index is 2.30. The lowest BCUT2D eigenvalue weighted by atomic mass is 9.90. The summed E-state index contributed by atoms with van der Waals surface area (Å²) in [7, 11) is 0. The van der Waals surface area contributed by atoms with Crippen LogP contribution in [0.25, 0.3) is 0 Å². The van der Waals surface area contributed by atoms with Gasteiger partial charge in [-0.25, -0.2) is 0 Å². The fourth-order valence-corrected chi connectivity index (χ4v) is 2.85. The maximum atomic E-state index is 11.8. The zero-order chi connectivity index (χ0) is 18.0. The van der Waals surface area contributed by atoms with Gasteiger partial charge in [-0.2, -0.15) is 0 Å². The predicted molar refractivity (Wildman–Crippen MR) is 75.4 cm³/mol. The molecule has 24 heavy (non-hydrogen) atoms. The van der Waals surface area contributed by atoms with E-state index in [1.807, 2.05) is 0 Å². The largest absolute Gasteiger partial charge is 0.463 e. The number of hydrogen-bond acceptors (Lipinski definition) is 9. The predicted octanol–water partition coefficient (Wildman–Crippen LogP) is -0.258. The van der Waals surface area contributed by atoms with E-state index in [0.717, 1.165) is 0 Å². The molecule has 0 aromatic heterocycles. The lowest BCUT2D eigenvalue weighted by Crippen LogP contribution is -2.60. The molecule has 0 aromatic rings. The summed E-state index contributed by atoms with van der Waals surface area (Å²) in [5.41, 5.74) is 0. The average molecular weight is 344 g/mol. The Bertz CT molecular complexity index is 543. The van der Waals surface area contributed by atoms with Crippen molar-refractivity contribution in [1.29, 1.82) is 0 Å². The van der Waals surface area contributed by atoms with Crippen molar-refractivity contribution in [3.63, 3.8) is 0 Å². The highest BCUT2D eigenvalue weighted by Gasteiger charge is 2.58. The van der Waals surface area contributed by atoms with Gasteiger partial charge in [0, 0.05) is 20.8 Å². The first-order chi connectivity index (χ1) is 11.2. The van der Waals surface area contributed by atoms with Gasteiger partial charge in [-0.15, -0.1) is 0 Å². The van der Waals surface area contributed by atoms with E-state index in [4.69, 9.17) is 23.7 Å². The first kappa shape index (κ1) is 18.2. The molecule has 134 valence electrons. The van der Waals surface area contributed by atoms with E-state index in [0.29, 0.717) is 0 Å². The number of fused-ring (bicyclic) bond motifs is 1. The summed E-state index contributed by atoms with van der Waals surface area (Å²) in [6.45, 7) is 5.00. The third-order valence-electron chi connectivity index (χ3n) is 3.84. The fraction of sp³-hybridized carbons (Fsp3) is 0.733. The molecule has 0 saturated carbocycles. The van der Waals surface area contributed by atoms with Crippen LogP contribution in [0.1, 0.15) is 27.7 Å². The van der Waals surface area contributed by atoms with Crippen molar-refractivity contribution < 1.29 is 42.9 Å². The summed E-state index contributed by atoms with van der Waals surface area (Å²) in [6, 6.07) is 0. The topological polar surface area (TPSA) is 114 Å². The third-order valence-corrected chi connectivity index (χ3v) is 3.84. The first-order valence-corrected chi connectivity index (χ1v) is 7.54. The molecule has 2 unspecified atom stereocenters. The molecule has 2 aliphatic heterocycles. The first-order valence-electron chi connectivity index (χ1n) is 7.54. The molecule has 2 fully saturated rings. The van der Waals surface area contributed by atoms with Gasteiger partial charge < -0.3 is 23.7 Å². The Morgan fingerprint density at radius 1 is 0.958 bits per heavy atom. The molecule has 0 amide bonds. The number of carbonyl (C=O) groups excluding carboxylic acids is 4. The summed E-state index contributed by atoms with van der Waals surface area (Å²) in [6.07, 6.45) is -4.59. The van der Waals surface area contributed by atoms with Gasteiger partial charge >= 0.3 is 23.9 Å². The van der Waals surface area contributed by atoms with Gasteiger partial charge in [-0.1, -0.05) is 0 Å². The van der Waals surface area contributed by atoms with Crippen LogP contribution in [0, 0.1) is 5.92 Å². The van der Waals surface area contributed by atoms with Crippen LogP contribution in [0.2, 0.25) is 0 Å². The number of ether oxygens (including phenoxy) is 5. The Kier molecular flexibility index (Phi) is 5.43. The van der Waals surface area contributed by atoms with E-state index in [1.54, 1.807) is 6.92 Å². The zero-order valence-electron chi connectivity index (χ0n) is 13.8. The second-order valence-electron chi connectivity index (χ2n) is 5.78. The van der Waals surface area contributed by atoms with Crippen LogP contribution in [0.5, 0.6) is 0 Å². The lowest BCUT2D eigenvalue weighted by Gasteiger charge is -2.42. The minimum Gasteiger partial charge on any atom is -0.463 e. The molecule has 0 radical (unpaired) electrons. The van der Waals surface area contributed by atoms with E-state index in [9.17, 15) is 19.2 Å². The van der Waals surface area contributed by atoms with Crippen LogP contribution >= 0.6 is 0 Å². The summed E-state index contributed by atoms with van der Waals surface area (Å²) in [4.78, 5) is 45.8. The van der Waals surface area contributed by atoms with Gasteiger partial charge in [0.15, 0.2) is 18.3 Å². The molecule has 2 heterocycles. The SMILES string of the molecule is CC(=O)OC[C@H]1OC2C(C)C(=O)O[C@@H]2[C@@H](OC(C)=O)[C@@H]1OC(C)=O. The normalized spacial score (nSPS) is 34.8. The summed E-state index contributed by atoms with van der Waals surface area (Å²) in [5.74, 6) is -2.90. The van der Waals surface area contributed by atoms with Crippen LogP contribution < -0.4 is 0 Å². The Labute approximate surface area is 138 Å². The molecular formula is C15H20O9. The second kappa shape index (κ2) is 7.16. The zero-order valence-corrected chi connectivity index (χ0v) is 13.8. The van der Waals surface area contributed by atoms with Crippen LogP contribution in [0.3, 0.4) is 0 Å². The van der Waals surface area contributed by atoms with E-state index in [-0.39, 0.29) is 6.61 Å². The van der Waals surface area contributed by atoms with Gasteiger partial charge in [0.05, 0.1) is 5.92 Å². The van der Waals surface area contributed by atoms with Crippen LogP contribution in [0.4, 0.5) is 0 Å². The minimum absolute atomic E-state index is 0.213. The van der Waals surface area contributed by atoms with Crippen molar-refractivity contribution in [3.05, 3.63) is 0 Å². The second-order valence-corrected chi connectivity index (χ2v) is 5.78. The average Bonchev–Trinajstić information content (AvgIpc) is 2.74. The molecule has 9 heteroatoms. The summed E-state index contributed by atoms with van der Waals surface area (Å²) >= 11 is 0. The molecule has 0 N–H and O–H groups in total. The molecule has 6 atom stereocenters. The Hall–Kier alpha value is -2.16. The molecule has 2 rings (SSSR count). The van der Waals surface area contributed by atoms with Crippen molar-refractivity contribution in [2.45, 2.75) is 58.2 Å². The van der Waals surface area contributed by atoms with Gasteiger partial charge in [0.25, 0.3) is 0 Å². The van der Waals surface area contributed by atoms with Crippen molar-refractivity contribution in [2.75, 3.05) is 6.61 Å². The summed E-state index contributed by atoms with van der Waals surface area (Å²) in [5, 5.41) is 0. The number of rotatable bonds is 4. The standard InChI is InChI=1S/C15H20O9/c1-6-11-13(24-15(6)19)14(22-9(4)18)12(21-8(3)17)10(23-11)5-20-7(2)16/h6,10-14H,5H2,1-4H3/t6?,10-,11?,12-,13+,14+/m1/s1. The van der Waals surface area contributed by atoms with E-state index in [2.05, 4.69) is 0 Å².